The van der Waals surface area contributed by atoms with Crippen LogP contribution in [0.3, 0.4) is 0 Å². The molecule has 0 saturated heterocycles. The molecule has 0 spiro atoms. The van der Waals surface area contributed by atoms with Gasteiger partial charge in [0.2, 0.25) is 0 Å². The van der Waals surface area contributed by atoms with Crippen LogP contribution in [-0.4, -0.2) is 13.9 Å². The number of benzene rings is 8. The van der Waals surface area contributed by atoms with Gasteiger partial charge in [0.05, 0.1) is 21.6 Å². The van der Waals surface area contributed by atoms with E-state index >= 15 is 0 Å². The van der Waals surface area contributed by atoms with Gasteiger partial charge in [-0.05, 0) is 82.9 Å². The van der Waals surface area contributed by atoms with Gasteiger partial charge in [-0.25, -0.2) is 0 Å². The Labute approximate surface area is 324 Å². The minimum absolute atomic E-state index is 0.164. The fourth-order valence-electron chi connectivity index (χ4n) is 6.87. The van der Waals surface area contributed by atoms with Gasteiger partial charge in [-0.15, -0.1) is 11.3 Å². The van der Waals surface area contributed by atoms with Crippen molar-refractivity contribution in [3.63, 3.8) is 0 Å². The molecule has 9 aromatic rings. The van der Waals surface area contributed by atoms with E-state index in [9.17, 15) is 21.6 Å². The highest BCUT2D eigenvalue weighted by molar-refractivity contribution is 7.88. The monoisotopic (exact) mass is 770 g/mol. The Kier molecular flexibility index (Phi) is 7.36. The summed E-state index contributed by atoms with van der Waals surface area (Å²) in [5.74, 6) is -0.556. The lowest BCUT2D eigenvalue weighted by atomic mass is 10.0. The van der Waals surface area contributed by atoms with Crippen molar-refractivity contribution in [2.45, 2.75) is 5.51 Å². The third-order valence-electron chi connectivity index (χ3n) is 9.28. The first-order chi connectivity index (χ1) is 28.3. The molecule has 0 fully saturated rings. The van der Waals surface area contributed by atoms with E-state index in [0.717, 1.165) is 21.5 Å². The molecule has 10 heteroatoms. The normalized spacial score (nSPS) is 13.1. The summed E-state index contributed by atoms with van der Waals surface area (Å²) in [6, 6.07) is 43.9. The van der Waals surface area contributed by atoms with Crippen LogP contribution >= 0.6 is 11.3 Å². The topological polar surface area (TPSA) is 49.9 Å². The van der Waals surface area contributed by atoms with Gasteiger partial charge in [0.25, 0.3) is 0 Å². The smallest absolute Gasteiger partial charge is 0.376 e. The molecule has 0 unspecified atom stereocenters. The fraction of sp³-hybridized carbons (Fsp3) is 0.0222. The highest BCUT2D eigenvalue weighted by Crippen LogP contribution is 2.50. The van der Waals surface area contributed by atoms with E-state index in [1.165, 1.54) is 29.5 Å². The van der Waals surface area contributed by atoms with Crippen molar-refractivity contribution in [1.29, 1.82) is 0 Å². The number of hydrogen-bond donors (Lipinski definition) is 0. The molecule has 0 amide bonds. The Morgan fingerprint density at radius 2 is 1.25 bits per heavy atom. The lowest BCUT2D eigenvalue weighted by Gasteiger charge is -2.28. The Morgan fingerprint density at radius 1 is 0.545 bits per heavy atom. The third-order valence-corrected chi connectivity index (χ3v) is 11.5. The number of rotatable bonds is 8. The molecule has 0 saturated carbocycles. The first kappa shape index (κ1) is 30.0. The highest BCUT2D eigenvalue weighted by Gasteiger charge is 2.48. The second-order valence-corrected chi connectivity index (χ2v) is 15.3. The van der Waals surface area contributed by atoms with Gasteiger partial charge in [-0.1, -0.05) is 103 Å². The number of halogens is 3. The lowest BCUT2D eigenvalue weighted by molar-refractivity contribution is -0.0500. The van der Waals surface area contributed by atoms with Crippen LogP contribution in [0.4, 0.5) is 47.3 Å². The quantitative estimate of drug-likeness (QED) is 0.114. The molecule has 9 rings (SSSR count). The summed E-state index contributed by atoms with van der Waals surface area (Å²) >= 11 is 1.36. The van der Waals surface area contributed by atoms with E-state index < -0.39 is 27.4 Å². The summed E-state index contributed by atoms with van der Waals surface area (Å²) in [6.07, 6.45) is 0. The van der Waals surface area contributed by atoms with Crippen LogP contribution in [0, 0.1) is 0 Å². The predicted octanol–water partition coefficient (Wildman–Crippen LogP) is 13.5. The molecule has 0 N–H and O–H groups in total. The summed E-state index contributed by atoms with van der Waals surface area (Å²) in [7, 11) is -6.09. The summed E-state index contributed by atoms with van der Waals surface area (Å²) in [6.45, 7) is 0. The molecule has 55 heavy (non-hydrogen) atoms. The van der Waals surface area contributed by atoms with Crippen LogP contribution in [0.2, 0.25) is 0 Å². The molecule has 8 aromatic carbocycles. The van der Waals surface area contributed by atoms with Crippen LogP contribution in [-0.2, 0) is 10.1 Å². The van der Waals surface area contributed by atoms with Crippen LogP contribution < -0.4 is 14.0 Å². The number of nitrogens with zero attached hydrogens (tertiary/aromatic N) is 2. The second-order valence-electron chi connectivity index (χ2n) is 12.7. The maximum Gasteiger partial charge on any atom is 0.534 e. The van der Waals surface area contributed by atoms with E-state index in [2.05, 4.69) is 0 Å². The van der Waals surface area contributed by atoms with Crippen LogP contribution in [0.25, 0.3) is 41.7 Å². The third kappa shape index (κ3) is 6.29. The highest BCUT2D eigenvalue weighted by atomic mass is 32.2. The van der Waals surface area contributed by atoms with Crippen molar-refractivity contribution in [1.82, 2.24) is 0 Å². The van der Waals surface area contributed by atoms with Gasteiger partial charge in [0.1, 0.15) is 5.75 Å². The summed E-state index contributed by atoms with van der Waals surface area (Å²) in [5.41, 5.74) is -2.77. The first-order valence-corrected chi connectivity index (χ1v) is 19.2. The maximum atomic E-state index is 13.9. The summed E-state index contributed by atoms with van der Waals surface area (Å²) < 4.78 is 107. The van der Waals surface area contributed by atoms with Crippen LogP contribution in [0.5, 0.6) is 5.75 Å². The van der Waals surface area contributed by atoms with Gasteiger partial charge in [-0.3, -0.25) is 0 Å². The van der Waals surface area contributed by atoms with E-state index in [1.807, 2.05) is 126 Å². The molecule has 270 valence electrons. The minimum atomic E-state index is -6.09. The van der Waals surface area contributed by atoms with Crippen molar-refractivity contribution < 1.29 is 31.3 Å². The standard InChI is InChI=1S/C45H29F3N2O3S2/c46-45(47,48)55(51,52)53-37-28-40-39-27-36(49(33-16-3-1-4-17-33)35-23-22-30-12-7-8-14-32(30)26-35)24-25-43(39)54-44(40)42(29-37)50(34-18-5-2-6-19-34)41-21-11-15-31-13-9-10-20-38(31)41/h1-29H/i1D,3D,4D,16D. The average Bonchev–Trinajstić information content (AvgIpc) is 3.60. The van der Waals surface area contributed by atoms with E-state index in [-0.39, 0.29) is 23.8 Å². The number of hydrogen-bond acceptors (Lipinski definition) is 6. The van der Waals surface area contributed by atoms with Gasteiger partial charge < -0.3 is 14.0 Å². The number of thiophene rings is 1. The maximum absolute atomic E-state index is 13.9. The molecule has 1 aromatic heterocycles. The van der Waals surface area contributed by atoms with Crippen molar-refractivity contribution in [3.05, 3.63) is 176 Å². The summed E-state index contributed by atoms with van der Waals surface area (Å²) in [4.78, 5) is 3.57. The van der Waals surface area contributed by atoms with Crippen molar-refractivity contribution in [3.8, 4) is 5.75 Å². The Balaban J connectivity index is 1.34. The Morgan fingerprint density at radius 3 is 2.07 bits per heavy atom. The molecular weight excluding hydrogens is 738 g/mol. The van der Waals surface area contributed by atoms with Crippen LogP contribution in [0.1, 0.15) is 5.48 Å². The summed E-state index contributed by atoms with van der Waals surface area (Å²) in [5, 5.41) is 4.51. The molecule has 0 aliphatic rings. The number of anilines is 6. The molecule has 1 heterocycles. The van der Waals surface area contributed by atoms with Gasteiger partial charge in [0, 0.05) is 49.7 Å². The first-order valence-electron chi connectivity index (χ1n) is 19.0. The fourth-order valence-corrected chi connectivity index (χ4v) is 8.49. The van der Waals surface area contributed by atoms with E-state index in [4.69, 9.17) is 9.67 Å². The number of para-hydroxylation sites is 2. The van der Waals surface area contributed by atoms with Crippen molar-refractivity contribution >= 4 is 97.3 Å². The van der Waals surface area contributed by atoms with E-state index in [0.29, 0.717) is 48.6 Å². The predicted molar refractivity (Wildman–Crippen MR) is 219 cm³/mol. The molecule has 5 nitrogen and oxygen atoms in total. The van der Waals surface area contributed by atoms with Gasteiger partial charge >= 0.3 is 15.6 Å². The van der Waals surface area contributed by atoms with Crippen molar-refractivity contribution in [2.75, 3.05) is 9.80 Å². The SMILES string of the molecule is [2H]c1cc(N(c2ccc3ccccc3c2)c2ccc3sc4c(N(c5ccccc5)c5cccc6ccccc56)cc(OS(=O)(=O)C(F)(F)F)cc4c3c2)c([2H])c([2H])c1[2H]. The second kappa shape index (κ2) is 13.5. The van der Waals surface area contributed by atoms with Gasteiger partial charge in [-0.2, -0.15) is 21.6 Å². The zero-order chi connectivity index (χ0) is 41.2. The van der Waals surface area contributed by atoms with Crippen molar-refractivity contribution in [2.24, 2.45) is 0 Å². The molecular formula is C45H29F3N2O3S2. The molecule has 0 aliphatic heterocycles. The lowest BCUT2D eigenvalue weighted by Crippen LogP contribution is -2.28. The molecule has 0 atom stereocenters. The Hall–Kier alpha value is -6.36. The largest absolute Gasteiger partial charge is 0.534 e. The number of fused-ring (bicyclic) bond motifs is 5. The minimum Gasteiger partial charge on any atom is -0.376 e. The zero-order valence-electron chi connectivity index (χ0n) is 32.5. The zero-order valence-corrected chi connectivity index (χ0v) is 30.1. The molecule has 0 aliphatic carbocycles. The number of alkyl halides is 3. The van der Waals surface area contributed by atoms with E-state index in [1.54, 1.807) is 17.0 Å². The van der Waals surface area contributed by atoms with Crippen LogP contribution in [0.15, 0.2) is 176 Å². The molecule has 0 radical (unpaired) electrons. The Bertz CT molecular complexity index is 3230. The van der Waals surface area contributed by atoms with Gasteiger partial charge in [0.15, 0.2) is 0 Å². The average molecular weight is 771 g/mol. The molecule has 0 bridgehead atoms.